The normalized spacial score (nSPS) is 20.4. The second-order valence-corrected chi connectivity index (χ2v) is 5.97. The van der Waals surface area contributed by atoms with Gasteiger partial charge >= 0.3 is 0 Å². The lowest BCUT2D eigenvalue weighted by Crippen LogP contribution is -2.36. The third-order valence-corrected chi connectivity index (χ3v) is 4.00. The van der Waals surface area contributed by atoms with Crippen molar-refractivity contribution in [2.45, 2.75) is 19.4 Å². The van der Waals surface area contributed by atoms with Crippen molar-refractivity contribution in [3.63, 3.8) is 0 Å². The average molecular weight is 305 g/mol. The summed E-state index contributed by atoms with van der Waals surface area (Å²) in [5, 5.41) is 10.5. The van der Waals surface area contributed by atoms with E-state index in [0.717, 1.165) is 64.6 Å². The maximum absolute atomic E-state index is 5.77. The Balaban J connectivity index is 1.81. The molecule has 1 aliphatic heterocycles. The zero-order valence-corrected chi connectivity index (χ0v) is 13.6. The van der Waals surface area contributed by atoms with Crippen LogP contribution < -0.4 is 21.7 Å². The summed E-state index contributed by atoms with van der Waals surface area (Å²) in [5.74, 6) is 0. The molecule has 1 aromatic rings. The van der Waals surface area contributed by atoms with E-state index in [2.05, 4.69) is 33.0 Å². The lowest BCUT2D eigenvalue weighted by Gasteiger charge is -2.23. The third kappa shape index (κ3) is 7.22. The molecule has 0 unspecified atom stereocenters. The number of nitrogens with two attached hydrogens (primary N) is 1. The smallest absolute Gasteiger partial charge is 0.0314 e. The first-order valence-corrected chi connectivity index (χ1v) is 8.53. The van der Waals surface area contributed by atoms with Crippen molar-refractivity contribution in [1.82, 2.24) is 20.9 Å². The number of hydrogen-bond acceptors (Lipinski definition) is 5. The summed E-state index contributed by atoms with van der Waals surface area (Å²) in [4.78, 5) is 2.53. The molecule has 1 aliphatic rings. The molecule has 1 aromatic carbocycles. The summed E-state index contributed by atoms with van der Waals surface area (Å²) in [5.41, 5.74) is 7.94. The summed E-state index contributed by atoms with van der Waals surface area (Å²) in [6, 6.07) is 8.26. The van der Waals surface area contributed by atoms with Gasteiger partial charge in [-0.2, -0.15) is 0 Å². The van der Waals surface area contributed by atoms with E-state index in [1.165, 1.54) is 18.4 Å². The molecule has 0 amide bonds. The number of anilines is 1. The Bertz CT molecular complexity index is 379. The van der Waals surface area contributed by atoms with Gasteiger partial charge in [0, 0.05) is 38.4 Å². The van der Waals surface area contributed by atoms with Gasteiger partial charge in [0.05, 0.1) is 0 Å². The van der Waals surface area contributed by atoms with Crippen LogP contribution in [0.4, 0.5) is 5.69 Å². The minimum atomic E-state index is 0.837. The van der Waals surface area contributed by atoms with Crippen LogP contribution in [0.1, 0.15) is 18.4 Å². The molecule has 0 atom stereocenters. The van der Waals surface area contributed by atoms with Gasteiger partial charge in [-0.05, 0) is 56.7 Å². The summed E-state index contributed by atoms with van der Waals surface area (Å²) < 4.78 is 0. The molecular formula is C17H31N5. The molecule has 5 N–H and O–H groups in total. The van der Waals surface area contributed by atoms with Gasteiger partial charge in [-0.1, -0.05) is 12.1 Å². The molecule has 0 aliphatic carbocycles. The van der Waals surface area contributed by atoms with Gasteiger partial charge in [0.15, 0.2) is 0 Å². The van der Waals surface area contributed by atoms with Crippen LogP contribution in [-0.4, -0.2) is 57.3 Å². The summed E-state index contributed by atoms with van der Waals surface area (Å²) >= 11 is 0. The Hall–Kier alpha value is -1.14. The molecule has 0 spiro atoms. The van der Waals surface area contributed by atoms with Crippen LogP contribution in [0, 0.1) is 0 Å². The quantitative estimate of drug-likeness (QED) is 0.604. The molecule has 0 radical (unpaired) electrons. The molecule has 2 rings (SSSR count). The van der Waals surface area contributed by atoms with Gasteiger partial charge in [-0.15, -0.1) is 0 Å². The minimum absolute atomic E-state index is 0.837. The average Bonchev–Trinajstić information content (AvgIpc) is 2.53. The number of nitrogens with zero attached hydrogens (tertiary/aromatic N) is 1. The Morgan fingerprint density at radius 2 is 1.41 bits per heavy atom. The lowest BCUT2D eigenvalue weighted by atomic mass is 10.2. The number of hydrogen-bond donors (Lipinski definition) is 4. The van der Waals surface area contributed by atoms with Crippen LogP contribution in [0.25, 0.3) is 0 Å². The fourth-order valence-electron chi connectivity index (χ4n) is 2.71. The van der Waals surface area contributed by atoms with E-state index in [4.69, 9.17) is 5.73 Å². The molecule has 5 nitrogen and oxygen atoms in total. The van der Waals surface area contributed by atoms with Crippen LogP contribution in [0.2, 0.25) is 0 Å². The largest absolute Gasteiger partial charge is 0.399 e. The highest BCUT2D eigenvalue weighted by Crippen LogP contribution is 2.08. The predicted octanol–water partition coefficient (Wildman–Crippen LogP) is 0.633. The van der Waals surface area contributed by atoms with Crippen molar-refractivity contribution in [2.24, 2.45) is 0 Å². The molecule has 5 heteroatoms. The molecule has 1 heterocycles. The zero-order valence-electron chi connectivity index (χ0n) is 13.6. The molecule has 1 saturated heterocycles. The van der Waals surface area contributed by atoms with Crippen molar-refractivity contribution in [3.05, 3.63) is 29.8 Å². The van der Waals surface area contributed by atoms with Gasteiger partial charge < -0.3 is 21.7 Å². The SMILES string of the molecule is Nc1ccc(CN2CCCNCCNCCCNCC2)cc1. The van der Waals surface area contributed by atoms with Crippen LogP contribution in [0.5, 0.6) is 0 Å². The van der Waals surface area contributed by atoms with Crippen molar-refractivity contribution < 1.29 is 0 Å². The standard InChI is InChI=1S/C17H31N5/c18-17-5-3-16(4-6-17)15-22-13-2-9-20-11-10-19-7-1-8-21-12-14-22/h3-6,19-21H,1-2,7-15,18H2. The monoisotopic (exact) mass is 305 g/mol. The van der Waals surface area contributed by atoms with E-state index in [1.54, 1.807) is 0 Å². The number of nitrogens with one attached hydrogen (secondary N) is 3. The van der Waals surface area contributed by atoms with E-state index in [0.29, 0.717) is 0 Å². The molecule has 0 bridgehead atoms. The highest BCUT2D eigenvalue weighted by Gasteiger charge is 2.06. The first kappa shape index (κ1) is 17.2. The third-order valence-electron chi connectivity index (χ3n) is 4.00. The Morgan fingerprint density at radius 3 is 2.14 bits per heavy atom. The lowest BCUT2D eigenvalue weighted by molar-refractivity contribution is 0.260. The second kappa shape index (κ2) is 10.6. The van der Waals surface area contributed by atoms with Crippen LogP contribution in [0.15, 0.2) is 24.3 Å². The maximum Gasteiger partial charge on any atom is 0.0314 e. The van der Waals surface area contributed by atoms with E-state index in [1.807, 2.05) is 12.1 Å². The Morgan fingerprint density at radius 1 is 0.773 bits per heavy atom. The van der Waals surface area contributed by atoms with Gasteiger partial charge in [-0.3, -0.25) is 4.90 Å². The molecular weight excluding hydrogens is 274 g/mol. The first-order valence-electron chi connectivity index (χ1n) is 8.53. The molecule has 124 valence electrons. The van der Waals surface area contributed by atoms with Gasteiger partial charge in [0.2, 0.25) is 0 Å². The van der Waals surface area contributed by atoms with Crippen molar-refractivity contribution >= 4 is 5.69 Å². The van der Waals surface area contributed by atoms with Gasteiger partial charge in [-0.25, -0.2) is 0 Å². The topological polar surface area (TPSA) is 65.3 Å². The van der Waals surface area contributed by atoms with E-state index in [-0.39, 0.29) is 0 Å². The first-order chi connectivity index (χ1) is 10.8. The highest BCUT2D eigenvalue weighted by atomic mass is 15.1. The molecule has 0 saturated carbocycles. The van der Waals surface area contributed by atoms with Crippen LogP contribution >= 0.6 is 0 Å². The highest BCUT2D eigenvalue weighted by molar-refractivity contribution is 5.39. The maximum atomic E-state index is 5.77. The Labute approximate surface area is 134 Å². The zero-order chi connectivity index (χ0) is 15.5. The summed E-state index contributed by atoms with van der Waals surface area (Å²) in [7, 11) is 0. The van der Waals surface area contributed by atoms with Gasteiger partial charge in [0.1, 0.15) is 0 Å². The fraction of sp³-hybridized carbons (Fsp3) is 0.647. The number of benzene rings is 1. The van der Waals surface area contributed by atoms with Crippen molar-refractivity contribution in [1.29, 1.82) is 0 Å². The van der Waals surface area contributed by atoms with Gasteiger partial charge in [0.25, 0.3) is 0 Å². The van der Waals surface area contributed by atoms with Crippen LogP contribution in [0.3, 0.4) is 0 Å². The Kier molecular flexibility index (Phi) is 8.27. The number of nitrogen functional groups attached to an aromatic ring is 1. The molecule has 1 fully saturated rings. The molecule has 22 heavy (non-hydrogen) atoms. The van der Waals surface area contributed by atoms with E-state index in [9.17, 15) is 0 Å². The van der Waals surface area contributed by atoms with Crippen LogP contribution in [-0.2, 0) is 6.54 Å². The molecule has 0 aromatic heterocycles. The predicted molar refractivity (Wildman–Crippen MR) is 94.0 cm³/mol. The summed E-state index contributed by atoms with van der Waals surface area (Å²) in [6.45, 7) is 9.70. The van der Waals surface area contributed by atoms with E-state index < -0.39 is 0 Å². The second-order valence-electron chi connectivity index (χ2n) is 5.97. The summed E-state index contributed by atoms with van der Waals surface area (Å²) in [6.07, 6.45) is 2.38. The van der Waals surface area contributed by atoms with Crippen molar-refractivity contribution in [3.8, 4) is 0 Å². The van der Waals surface area contributed by atoms with Crippen molar-refractivity contribution in [2.75, 3.05) is 58.1 Å². The van der Waals surface area contributed by atoms with E-state index >= 15 is 0 Å². The minimum Gasteiger partial charge on any atom is -0.399 e. The number of rotatable bonds is 2. The fourth-order valence-corrected chi connectivity index (χ4v) is 2.71.